The SMILES string of the molecule is Cc1cc(-n2cc(N)nn2)ccc1Br. The summed E-state index contributed by atoms with van der Waals surface area (Å²) in [5.41, 5.74) is 7.58. The van der Waals surface area contributed by atoms with E-state index in [2.05, 4.69) is 26.2 Å². The molecular weight excluding hydrogens is 244 g/mol. The molecule has 0 aliphatic heterocycles. The molecule has 14 heavy (non-hydrogen) atoms. The number of nitrogen functional groups attached to an aromatic ring is 1. The molecule has 4 nitrogen and oxygen atoms in total. The van der Waals surface area contributed by atoms with Crippen molar-refractivity contribution in [2.24, 2.45) is 0 Å². The molecule has 0 bridgehead atoms. The van der Waals surface area contributed by atoms with Crippen molar-refractivity contribution >= 4 is 21.7 Å². The average molecular weight is 253 g/mol. The quantitative estimate of drug-likeness (QED) is 0.844. The van der Waals surface area contributed by atoms with E-state index in [9.17, 15) is 0 Å². The van der Waals surface area contributed by atoms with Crippen molar-refractivity contribution < 1.29 is 0 Å². The highest BCUT2D eigenvalue weighted by atomic mass is 79.9. The lowest BCUT2D eigenvalue weighted by Crippen LogP contribution is -1.95. The Morgan fingerprint density at radius 3 is 2.79 bits per heavy atom. The first-order valence-corrected chi connectivity index (χ1v) is 4.90. The molecule has 72 valence electrons. The van der Waals surface area contributed by atoms with Gasteiger partial charge in [-0.15, -0.1) is 5.10 Å². The van der Waals surface area contributed by atoms with Gasteiger partial charge in [-0.05, 0) is 30.7 Å². The molecule has 0 aliphatic carbocycles. The topological polar surface area (TPSA) is 56.7 Å². The van der Waals surface area contributed by atoms with Gasteiger partial charge >= 0.3 is 0 Å². The molecule has 1 aromatic carbocycles. The Bertz CT molecular complexity index is 464. The Kier molecular flexibility index (Phi) is 2.25. The van der Waals surface area contributed by atoms with Crippen LogP contribution >= 0.6 is 15.9 Å². The van der Waals surface area contributed by atoms with Gasteiger partial charge in [-0.1, -0.05) is 21.1 Å². The van der Waals surface area contributed by atoms with Gasteiger partial charge in [-0.2, -0.15) is 0 Å². The summed E-state index contributed by atoms with van der Waals surface area (Å²) >= 11 is 3.44. The molecule has 0 saturated carbocycles. The Hall–Kier alpha value is -1.36. The van der Waals surface area contributed by atoms with Crippen LogP contribution in [0.1, 0.15) is 5.56 Å². The molecule has 0 aliphatic rings. The second-order valence-electron chi connectivity index (χ2n) is 3.02. The van der Waals surface area contributed by atoms with E-state index in [1.165, 1.54) is 0 Å². The number of nitrogens with zero attached hydrogens (tertiary/aromatic N) is 3. The minimum absolute atomic E-state index is 0.422. The molecule has 0 spiro atoms. The lowest BCUT2D eigenvalue weighted by atomic mass is 10.2. The number of anilines is 1. The van der Waals surface area contributed by atoms with Crippen molar-refractivity contribution in [3.05, 3.63) is 34.4 Å². The van der Waals surface area contributed by atoms with Gasteiger partial charge < -0.3 is 5.73 Å². The van der Waals surface area contributed by atoms with Gasteiger partial charge in [-0.25, -0.2) is 4.68 Å². The van der Waals surface area contributed by atoms with E-state index >= 15 is 0 Å². The second kappa shape index (κ2) is 3.42. The average Bonchev–Trinajstić information content (AvgIpc) is 2.57. The van der Waals surface area contributed by atoms with Crippen LogP contribution in [0.5, 0.6) is 0 Å². The number of aryl methyl sites for hydroxylation is 1. The smallest absolute Gasteiger partial charge is 0.166 e. The summed E-state index contributed by atoms with van der Waals surface area (Å²) in [6.07, 6.45) is 1.68. The summed E-state index contributed by atoms with van der Waals surface area (Å²) in [6, 6.07) is 5.94. The molecule has 0 atom stereocenters. The lowest BCUT2D eigenvalue weighted by molar-refractivity contribution is 0.803. The predicted octanol–water partition coefficient (Wildman–Crippen LogP) is 1.92. The maximum atomic E-state index is 5.48. The molecule has 2 N–H and O–H groups in total. The van der Waals surface area contributed by atoms with Crippen molar-refractivity contribution in [3.63, 3.8) is 0 Å². The third-order valence-corrected chi connectivity index (χ3v) is 2.81. The molecule has 0 fully saturated rings. The van der Waals surface area contributed by atoms with E-state index in [1.54, 1.807) is 10.9 Å². The van der Waals surface area contributed by atoms with Gasteiger partial charge in [0.1, 0.15) is 0 Å². The molecule has 1 heterocycles. The van der Waals surface area contributed by atoms with Crippen molar-refractivity contribution in [2.75, 3.05) is 5.73 Å². The van der Waals surface area contributed by atoms with E-state index in [0.717, 1.165) is 15.7 Å². The predicted molar refractivity (Wildman–Crippen MR) is 58.2 cm³/mol. The van der Waals surface area contributed by atoms with Crippen LogP contribution in [0.25, 0.3) is 5.69 Å². The summed E-state index contributed by atoms with van der Waals surface area (Å²) in [4.78, 5) is 0. The van der Waals surface area contributed by atoms with E-state index in [0.29, 0.717) is 5.82 Å². The largest absolute Gasteiger partial charge is 0.381 e. The summed E-state index contributed by atoms with van der Waals surface area (Å²) in [7, 11) is 0. The highest BCUT2D eigenvalue weighted by Crippen LogP contribution is 2.19. The third kappa shape index (κ3) is 1.63. The van der Waals surface area contributed by atoms with E-state index in [1.807, 2.05) is 25.1 Å². The molecule has 0 amide bonds. The fourth-order valence-electron chi connectivity index (χ4n) is 1.17. The number of halogens is 1. The highest BCUT2D eigenvalue weighted by molar-refractivity contribution is 9.10. The summed E-state index contributed by atoms with van der Waals surface area (Å²) in [5, 5.41) is 7.61. The van der Waals surface area contributed by atoms with E-state index in [-0.39, 0.29) is 0 Å². The molecule has 2 rings (SSSR count). The van der Waals surface area contributed by atoms with Gasteiger partial charge in [-0.3, -0.25) is 0 Å². The highest BCUT2D eigenvalue weighted by Gasteiger charge is 2.01. The van der Waals surface area contributed by atoms with Crippen molar-refractivity contribution in [1.29, 1.82) is 0 Å². The number of hydrogen-bond acceptors (Lipinski definition) is 3. The fraction of sp³-hybridized carbons (Fsp3) is 0.111. The zero-order chi connectivity index (χ0) is 10.1. The zero-order valence-corrected chi connectivity index (χ0v) is 9.19. The normalized spacial score (nSPS) is 10.4. The van der Waals surface area contributed by atoms with Gasteiger partial charge in [0.15, 0.2) is 5.82 Å². The lowest BCUT2D eigenvalue weighted by Gasteiger charge is -2.02. The molecule has 0 unspecified atom stereocenters. The first-order chi connectivity index (χ1) is 6.66. The fourth-order valence-corrected chi connectivity index (χ4v) is 1.42. The molecule has 5 heteroatoms. The summed E-state index contributed by atoms with van der Waals surface area (Å²) in [6.45, 7) is 2.02. The standard InChI is InChI=1S/C9H9BrN4/c1-6-4-7(2-3-8(6)10)14-5-9(11)12-13-14/h2-5H,11H2,1H3. The number of aromatic nitrogens is 3. The van der Waals surface area contributed by atoms with Crippen molar-refractivity contribution in [1.82, 2.24) is 15.0 Å². The van der Waals surface area contributed by atoms with E-state index < -0.39 is 0 Å². The Labute approximate surface area is 89.9 Å². The van der Waals surface area contributed by atoms with E-state index in [4.69, 9.17) is 5.73 Å². The zero-order valence-electron chi connectivity index (χ0n) is 7.61. The van der Waals surface area contributed by atoms with Crippen molar-refractivity contribution in [2.45, 2.75) is 6.92 Å². The molecule has 2 aromatic rings. The Morgan fingerprint density at radius 2 is 2.21 bits per heavy atom. The summed E-state index contributed by atoms with van der Waals surface area (Å²) in [5.74, 6) is 0.422. The van der Waals surface area contributed by atoms with Gasteiger partial charge in [0.05, 0.1) is 11.9 Å². The summed E-state index contributed by atoms with van der Waals surface area (Å²) < 4.78 is 2.73. The van der Waals surface area contributed by atoms with Gasteiger partial charge in [0.2, 0.25) is 0 Å². The maximum Gasteiger partial charge on any atom is 0.166 e. The third-order valence-electron chi connectivity index (χ3n) is 1.92. The van der Waals surface area contributed by atoms with Crippen LogP contribution in [0.2, 0.25) is 0 Å². The first kappa shape index (κ1) is 9.21. The van der Waals surface area contributed by atoms with Gasteiger partial charge in [0.25, 0.3) is 0 Å². The number of rotatable bonds is 1. The van der Waals surface area contributed by atoms with Crippen LogP contribution in [-0.2, 0) is 0 Å². The minimum atomic E-state index is 0.422. The van der Waals surface area contributed by atoms with Crippen LogP contribution in [0, 0.1) is 6.92 Å². The molecular formula is C9H9BrN4. The monoisotopic (exact) mass is 252 g/mol. The van der Waals surface area contributed by atoms with Crippen LogP contribution in [-0.4, -0.2) is 15.0 Å². The van der Waals surface area contributed by atoms with Gasteiger partial charge in [0, 0.05) is 4.47 Å². The minimum Gasteiger partial charge on any atom is -0.381 e. The Morgan fingerprint density at radius 1 is 1.43 bits per heavy atom. The van der Waals surface area contributed by atoms with Crippen LogP contribution < -0.4 is 5.73 Å². The molecule has 0 radical (unpaired) electrons. The Balaban J connectivity index is 2.47. The number of benzene rings is 1. The molecule has 1 aromatic heterocycles. The van der Waals surface area contributed by atoms with Crippen LogP contribution in [0.4, 0.5) is 5.82 Å². The van der Waals surface area contributed by atoms with Crippen LogP contribution in [0.3, 0.4) is 0 Å². The number of nitrogens with two attached hydrogens (primary N) is 1. The maximum absolute atomic E-state index is 5.48. The van der Waals surface area contributed by atoms with Crippen LogP contribution in [0.15, 0.2) is 28.9 Å². The number of hydrogen-bond donors (Lipinski definition) is 1. The second-order valence-corrected chi connectivity index (χ2v) is 3.88. The first-order valence-electron chi connectivity index (χ1n) is 4.11. The van der Waals surface area contributed by atoms with Crippen molar-refractivity contribution in [3.8, 4) is 5.69 Å². The molecule has 0 saturated heterocycles.